The summed E-state index contributed by atoms with van der Waals surface area (Å²) in [5.41, 5.74) is 1.34. The van der Waals surface area contributed by atoms with E-state index >= 15 is 0 Å². The maximum Gasteiger partial charge on any atom is 0.119 e. The molecule has 0 fully saturated rings. The number of hydrogen-bond donors (Lipinski definition) is 1. The van der Waals surface area contributed by atoms with E-state index in [4.69, 9.17) is 0 Å². The quantitative estimate of drug-likeness (QED) is 0.871. The van der Waals surface area contributed by atoms with E-state index in [0.717, 1.165) is 18.0 Å². The minimum atomic E-state index is 0.445. The molecular weight excluding hydrogens is 254 g/mol. The van der Waals surface area contributed by atoms with Gasteiger partial charge >= 0.3 is 0 Å². The lowest BCUT2D eigenvalue weighted by molar-refractivity contribution is 0.537. The van der Waals surface area contributed by atoms with Gasteiger partial charge < -0.3 is 5.32 Å². The van der Waals surface area contributed by atoms with Gasteiger partial charge in [0.2, 0.25) is 0 Å². The number of nitrogens with one attached hydrogen (secondary N) is 1. The highest BCUT2D eigenvalue weighted by atomic mass is 32.2. The molecule has 0 aliphatic heterocycles. The smallest absolute Gasteiger partial charge is 0.119 e. The van der Waals surface area contributed by atoms with E-state index in [1.54, 1.807) is 30.4 Å². The molecule has 1 aromatic carbocycles. The van der Waals surface area contributed by atoms with E-state index in [2.05, 4.69) is 53.4 Å². The second kappa shape index (κ2) is 7.26. The van der Waals surface area contributed by atoms with Crippen molar-refractivity contribution in [2.45, 2.75) is 36.2 Å². The molecule has 1 N–H and O–H groups in total. The van der Waals surface area contributed by atoms with Crippen molar-refractivity contribution in [3.8, 4) is 0 Å². The first-order valence-electron chi connectivity index (χ1n) is 6.60. The number of hydrogen-bond acceptors (Lipinski definition) is 4. The van der Waals surface area contributed by atoms with Gasteiger partial charge in [-0.05, 0) is 30.7 Å². The maximum absolute atomic E-state index is 4.27. The molecule has 1 atom stereocenters. The topological polar surface area (TPSA) is 37.8 Å². The Balaban J connectivity index is 2.06. The first-order chi connectivity index (χ1) is 9.33. The molecular formula is C15H19N3S. The van der Waals surface area contributed by atoms with Gasteiger partial charge in [0.15, 0.2) is 0 Å². The second-order valence-corrected chi connectivity index (χ2v) is 5.33. The van der Waals surface area contributed by atoms with Gasteiger partial charge in [0.05, 0.1) is 6.20 Å². The van der Waals surface area contributed by atoms with Gasteiger partial charge in [0, 0.05) is 23.3 Å². The van der Waals surface area contributed by atoms with Crippen LogP contribution in [0.15, 0.2) is 52.8 Å². The normalized spacial score (nSPS) is 12.3. The van der Waals surface area contributed by atoms with Crippen LogP contribution >= 0.6 is 11.8 Å². The zero-order chi connectivity index (χ0) is 13.5. The minimum absolute atomic E-state index is 0.445. The maximum atomic E-state index is 4.27. The van der Waals surface area contributed by atoms with Crippen molar-refractivity contribution in [3.63, 3.8) is 0 Å². The van der Waals surface area contributed by atoms with Gasteiger partial charge in [-0.25, -0.2) is 4.98 Å². The van der Waals surface area contributed by atoms with Crippen molar-refractivity contribution in [3.05, 3.63) is 48.4 Å². The molecule has 0 bridgehead atoms. The van der Waals surface area contributed by atoms with Gasteiger partial charge in [-0.1, -0.05) is 37.7 Å². The van der Waals surface area contributed by atoms with E-state index in [-0.39, 0.29) is 0 Å². The minimum Gasteiger partial charge on any atom is -0.310 e. The summed E-state index contributed by atoms with van der Waals surface area (Å²) in [4.78, 5) is 9.53. The standard InChI is InChI=1S/C15H19N3S/c1-3-14(17-4-2)12-5-7-13(8-6-12)19-15-11-16-9-10-18-15/h5-11,14,17H,3-4H2,1-2H3. The lowest BCUT2D eigenvalue weighted by Crippen LogP contribution is -2.19. The number of benzene rings is 1. The summed E-state index contributed by atoms with van der Waals surface area (Å²) in [5, 5.41) is 4.41. The highest BCUT2D eigenvalue weighted by Crippen LogP contribution is 2.27. The van der Waals surface area contributed by atoms with Crippen molar-refractivity contribution in [1.29, 1.82) is 0 Å². The van der Waals surface area contributed by atoms with Crippen LogP contribution < -0.4 is 5.32 Å². The van der Waals surface area contributed by atoms with E-state index in [0.29, 0.717) is 6.04 Å². The summed E-state index contributed by atoms with van der Waals surface area (Å²) >= 11 is 1.63. The summed E-state index contributed by atoms with van der Waals surface area (Å²) in [5.74, 6) is 0. The summed E-state index contributed by atoms with van der Waals surface area (Å²) in [6.07, 6.45) is 6.29. The van der Waals surface area contributed by atoms with E-state index in [1.807, 2.05) is 0 Å². The van der Waals surface area contributed by atoms with Crippen molar-refractivity contribution in [2.75, 3.05) is 6.54 Å². The lowest BCUT2D eigenvalue weighted by atomic mass is 10.1. The monoisotopic (exact) mass is 273 g/mol. The van der Waals surface area contributed by atoms with Crippen LogP contribution in [0.5, 0.6) is 0 Å². The highest BCUT2D eigenvalue weighted by Gasteiger charge is 2.07. The van der Waals surface area contributed by atoms with Crippen LogP contribution in [0.2, 0.25) is 0 Å². The van der Waals surface area contributed by atoms with Gasteiger partial charge in [-0.3, -0.25) is 4.98 Å². The summed E-state index contributed by atoms with van der Waals surface area (Å²) in [7, 11) is 0. The molecule has 19 heavy (non-hydrogen) atoms. The van der Waals surface area contributed by atoms with E-state index in [1.165, 1.54) is 10.5 Å². The molecule has 0 saturated carbocycles. The van der Waals surface area contributed by atoms with Gasteiger partial charge in [0.25, 0.3) is 0 Å². The van der Waals surface area contributed by atoms with Crippen LogP contribution in [-0.2, 0) is 0 Å². The molecule has 3 nitrogen and oxygen atoms in total. The molecule has 0 radical (unpaired) electrons. The molecule has 0 aliphatic carbocycles. The Morgan fingerprint density at radius 3 is 2.53 bits per heavy atom. The number of aromatic nitrogens is 2. The molecule has 0 saturated heterocycles. The van der Waals surface area contributed by atoms with Crippen LogP contribution in [0.25, 0.3) is 0 Å². The van der Waals surface area contributed by atoms with Gasteiger partial charge in [0.1, 0.15) is 5.03 Å². The van der Waals surface area contributed by atoms with Crippen molar-refractivity contribution < 1.29 is 0 Å². The zero-order valence-corrected chi connectivity index (χ0v) is 12.2. The van der Waals surface area contributed by atoms with Crippen LogP contribution in [0.4, 0.5) is 0 Å². The van der Waals surface area contributed by atoms with Gasteiger partial charge in [-0.15, -0.1) is 0 Å². The Hall–Kier alpha value is -1.39. The Morgan fingerprint density at radius 2 is 1.95 bits per heavy atom. The molecule has 100 valence electrons. The zero-order valence-electron chi connectivity index (χ0n) is 11.3. The van der Waals surface area contributed by atoms with Crippen molar-refractivity contribution in [2.24, 2.45) is 0 Å². The third-order valence-corrected chi connectivity index (χ3v) is 3.83. The first-order valence-corrected chi connectivity index (χ1v) is 7.42. The van der Waals surface area contributed by atoms with E-state index < -0.39 is 0 Å². The second-order valence-electron chi connectivity index (χ2n) is 4.23. The summed E-state index contributed by atoms with van der Waals surface area (Å²) in [6.45, 7) is 5.34. The SMILES string of the molecule is CCNC(CC)c1ccc(Sc2cnccn2)cc1. The molecule has 1 aromatic heterocycles. The van der Waals surface area contributed by atoms with Crippen LogP contribution in [0.3, 0.4) is 0 Å². The van der Waals surface area contributed by atoms with Crippen molar-refractivity contribution >= 4 is 11.8 Å². The summed E-state index contributed by atoms with van der Waals surface area (Å²) < 4.78 is 0. The molecule has 1 unspecified atom stereocenters. The largest absolute Gasteiger partial charge is 0.310 e. The first kappa shape index (κ1) is 14.0. The van der Waals surface area contributed by atoms with Gasteiger partial charge in [-0.2, -0.15) is 0 Å². The third kappa shape index (κ3) is 4.04. The summed E-state index contributed by atoms with van der Waals surface area (Å²) in [6, 6.07) is 9.12. The lowest BCUT2D eigenvalue weighted by Gasteiger charge is -2.16. The Kier molecular flexibility index (Phi) is 5.36. The fourth-order valence-electron chi connectivity index (χ4n) is 1.97. The predicted molar refractivity (Wildman–Crippen MR) is 79.3 cm³/mol. The third-order valence-electron chi connectivity index (χ3n) is 2.90. The predicted octanol–water partition coefficient (Wildman–Crippen LogP) is 3.69. The van der Waals surface area contributed by atoms with Crippen LogP contribution in [0, 0.1) is 0 Å². The Labute approximate surface area is 118 Å². The molecule has 4 heteroatoms. The van der Waals surface area contributed by atoms with Crippen LogP contribution in [0.1, 0.15) is 31.9 Å². The highest BCUT2D eigenvalue weighted by molar-refractivity contribution is 7.99. The van der Waals surface area contributed by atoms with Crippen molar-refractivity contribution in [1.82, 2.24) is 15.3 Å². The average Bonchev–Trinajstić information content (AvgIpc) is 2.47. The number of nitrogens with zero attached hydrogens (tertiary/aromatic N) is 2. The molecule has 0 aliphatic rings. The fraction of sp³-hybridized carbons (Fsp3) is 0.333. The molecule has 1 heterocycles. The average molecular weight is 273 g/mol. The van der Waals surface area contributed by atoms with E-state index in [9.17, 15) is 0 Å². The fourth-order valence-corrected chi connectivity index (χ4v) is 2.71. The van der Waals surface area contributed by atoms with Crippen LogP contribution in [-0.4, -0.2) is 16.5 Å². The Morgan fingerprint density at radius 1 is 1.16 bits per heavy atom. The molecule has 0 spiro atoms. The Bertz CT molecular complexity index is 485. The number of rotatable bonds is 6. The molecule has 0 amide bonds. The molecule has 2 aromatic rings. The molecule has 2 rings (SSSR count).